The Morgan fingerprint density at radius 1 is 1.18 bits per heavy atom. The molecule has 10 heteroatoms. The molecule has 1 aromatic carbocycles. The number of nitrogens with one attached hydrogen (secondary N) is 1. The van der Waals surface area contributed by atoms with Crippen molar-refractivity contribution < 1.29 is 14.3 Å². The molecule has 3 heterocycles. The van der Waals surface area contributed by atoms with Crippen molar-refractivity contribution in [2.24, 2.45) is 0 Å². The average molecular weight is 471 g/mol. The lowest BCUT2D eigenvalue weighted by Gasteiger charge is -2.28. The van der Waals surface area contributed by atoms with Gasteiger partial charge < -0.3 is 24.3 Å². The number of anilines is 1. The Kier molecular flexibility index (Phi) is 7.66. The molecule has 0 saturated carbocycles. The molecule has 3 aromatic rings. The number of hydrogen-bond donors (Lipinski definition) is 1. The molecular weight excluding hydrogens is 440 g/mol. The number of ether oxygens (including phenoxy) is 2. The van der Waals surface area contributed by atoms with Gasteiger partial charge >= 0.3 is 0 Å². The highest BCUT2D eigenvalue weighted by Gasteiger charge is 2.22. The molecule has 1 saturated heterocycles. The molecule has 0 atom stereocenters. The van der Waals surface area contributed by atoms with Gasteiger partial charge in [0.2, 0.25) is 5.91 Å². The first kappa shape index (κ1) is 23.3. The average Bonchev–Trinajstić information content (AvgIpc) is 3.20. The largest absolute Gasteiger partial charge is 0.497 e. The molecule has 0 spiro atoms. The maximum Gasteiger partial charge on any atom is 0.216 e. The fourth-order valence-corrected chi connectivity index (χ4v) is 4.58. The van der Waals surface area contributed by atoms with Crippen LogP contribution in [0.3, 0.4) is 0 Å². The lowest BCUT2D eigenvalue weighted by atomic mass is 10.2. The topological polar surface area (TPSA) is 94.4 Å². The first-order valence-corrected chi connectivity index (χ1v) is 12.2. The fraction of sp³-hybridized carbons (Fsp3) is 0.478. The van der Waals surface area contributed by atoms with E-state index in [1.165, 1.54) is 12.5 Å². The Balaban J connectivity index is 1.68. The molecule has 1 amide bonds. The number of morpholine rings is 1. The third kappa shape index (κ3) is 5.56. The van der Waals surface area contributed by atoms with Gasteiger partial charge in [-0.1, -0.05) is 30.8 Å². The smallest absolute Gasteiger partial charge is 0.216 e. The Morgan fingerprint density at radius 2 is 1.94 bits per heavy atom. The summed E-state index contributed by atoms with van der Waals surface area (Å²) < 4.78 is 12.9. The third-order valence-electron chi connectivity index (χ3n) is 5.50. The number of benzene rings is 1. The SMILES string of the molecule is CCc1nc2c(N3CCOCC3)nc(SCc3ccc(OC)cc3)nc2n1CCNC(C)=O. The number of aromatic nitrogens is 4. The van der Waals surface area contributed by atoms with Gasteiger partial charge in [-0.3, -0.25) is 4.79 Å². The number of rotatable bonds is 9. The minimum absolute atomic E-state index is 0.0446. The number of thioether (sulfide) groups is 1. The monoisotopic (exact) mass is 470 g/mol. The van der Waals surface area contributed by atoms with E-state index < -0.39 is 0 Å². The van der Waals surface area contributed by atoms with Crippen LogP contribution in [0.2, 0.25) is 0 Å². The summed E-state index contributed by atoms with van der Waals surface area (Å²) in [5, 5.41) is 3.59. The van der Waals surface area contributed by atoms with Gasteiger partial charge in [0.05, 0.1) is 20.3 Å². The van der Waals surface area contributed by atoms with Crippen molar-refractivity contribution in [2.75, 3.05) is 44.9 Å². The second-order valence-corrected chi connectivity index (χ2v) is 8.70. The molecule has 4 rings (SSSR count). The first-order valence-electron chi connectivity index (χ1n) is 11.2. The molecule has 1 fully saturated rings. The van der Waals surface area contributed by atoms with Crippen molar-refractivity contribution in [3.63, 3.8) is 0 Å². The summed E-state index contributed by atoms with van der Waals surface area (Å²) in [5.74, 6) is 3.34. The second-order valence-electron chi connectivity index (χ2n) is 7.75. The zero-order valence-electron chi connectivity index (χ0n) is 19.3. The fourth-order valence-electron chi connectivity index (χ4n) is 3.79. The number of fused-ring (bicyclic) bond motifs is 1. The normalized spacial score (nSPS) is 14.0. The van der Waals surface area contributed by atoms with Gasteiger partial charge in [-0.2, -0.15) is 0 Å². The molecule has 1 aliphatic heterocycles. The van der Waals surface area contributed by atoms with Crippen LogP contribution in [0.5, 0.6) is 5.75 Å². The minimum atomic E-state index is -0.0446. The van der Waals surface area contributed by atoms with Crippen molar-refractivity contribution >= 4 is 34.7 Å². The summed E-state index contributed by atoms with van der Waals surface area (Å²) in [6.07, 6.45) is 0.771. The van der Waals surface area contributed by atoms with Crippen LogP contribution in [0.1, 0.15) is 25.2 Å². The lowest BCUT2D eigenvalue weighted by molar-refractivity contribution is -0.118. The highest BCUT2D eigenvalue weighted by atomic mass is 32.2. The number of imidazole rings is 1. The van der Waals surface area contributed by atoms with Gasteiger partial charge in [-0.05, 0) is 17.7 Å². The summed E-state index contributed by atoms with van der Waals surface area (Å²) in [5.41, 5.74) is 2.79. The quantitative estimate of drug-likeness (QED) is 0.377. The van der Waals surface area contributed by atoms with Crippen LogP contribution in [0.4, 0.5) is 5.82 Å². The van der Waals surface area contributed by atoms with Crippen molar-refractivity contribution in [3.8, 4) is 5.75 Å². The number of methoxy groups -OCH3 is 1. The number of nitrogens with zero attached hydrogens (tertiary/aromatic N) is 5. The first-order chi connectivity index (χ1) is 16.1. The van der Waals surface area contributed by atoms with E-state index in [-0.39, 0.29) is 5.91 Å². The van der Waals surface area contributed by atoms with Crippen LogP contribution >= 0.6 is 11.8 Å². The molecule has 0 radical (unpaired) electrons. The molecule has 0 unspecified atom stereocenters. The Bertz CT molecular complexity index is 1100. The zero-order chi connectivity index (χ0) is 23.2. The maximum absolute atomic E-state index is 11.4. The Hall–Kier alpha value is -2.85. The van der Waals surface area contributed by atoms with Crippen molar-refractivity contribution in [3.05, 3.63) is 35.7 Å². The highest BCUT2D eigenvalue weighted by Crippen LogP contribution is 2.30. The summed E-state index contributed by atoms with van der Waals surface area (Å²) in [7, 11) is 1.67. The van der Waals surface area contributed by atoms with Crippen molar-refractivity contribution in [1.82, 2.24) is 24.8 Å². The van der Waals surface area contributed by atoms with Crippen LogP contribution in [0.15, 0.2) is 29.4 Å². The van der Waals surface area contributed by atoms with Crippen LogP contribution < -0.4 is 15.0 Å². The van der Waals surface area contributed by atoms with E-state index in [1.807, 2.05) is 12.1 Å². The van der Waals surface area contributed by atoms with Gasteiger partial charge in [0.1, 0.15) is 11.6 Å². The van der Waals surface area contributed by atoms with Crippen molar-refractivity contribution in [2.45, 2.75) is 37.7 Å². The van der Waals surface area contributed by atoms with Crippen molar-refractivity contribution in [1.29, 1.82) is 0 Å². The Morgan fingerprint density at radius 3 is 2.61 bits per heavy atom. The predicted molar refractivity (Wildman–Crippen MR) is 129 cm³/mol. The van der Waals surface area contributed by atoms with Gasteiger partial charge in [-0.25, -0.2) is 15.0 Å². The van der Waals surface area contributed by atoms with E-state index in [0.717, 1.165) is 53.8 Å². The molecule has 0 aliphatic carbocycles. The van der Waals surface area contributed by atoms with E-state index in [0.29, 0.717) is 31.5 Å². The molecule has 9 nitrogen and oxygen atoms in total. The van der Waals surface area contributed by atoms with Gasteiger partial charge in [0, 0.05) is 45.3 Å². The number of amides is 1. The molecule has 1 aliphatic rings. The number of aryl methyl sites for hydroxylation is 1. The number of carbonyl (C=O) groups is 1. The van der Waals surface area contributed by atoms with Gasteiger partial charge in [0.25, 0.3) is 0 Å². The Labute approximate surface area is 197 Å². The highest BCUT2D eigenvalue weighted by molar-refractivity contribution is 7.98. The summed E-state index contributed by atoms with van der Waals surface area (Å²) in [4.78, 5) is 28.3. The van der Waals surface area contributed by atoms with Gasteiger partial charge in [0.15, 0.2) is 22.1 Å². The molecular formula is C23H30N6O3S. The molecule has 176 valence electrons. The molecule has 33 heavy (non-hydrogen) atoms. The van der Waals surface area contributed by atoms with E-state index >= 15 is 0 Å². The van der Waals surface area contributed by atoms with Crippen LogP contribution in [-0.4, -0.2) is 65.4 Å². The number of hydrogen-bond acceptors (Lipinski definition) is 8. The van der Waals surface area contributed by atoms with Gasteiger partial charge in [-0.15, -0.1) is 0 Å². The van der Waals surface area contributed by atoms with Crippen LogP contribution in [-0.2, 0) is 28.2 Å². The third-order valence-corrected chi connectivity index (χ3v) is 6.42. The summed E-state index contributed by atoms with van der Waals surface area (Å²) >= 11 is 1.60. The number of carbonyl (C=O) groups excluding carboxylic acids is 1. The molecule has 0 bridgehead atoms. The van der Waals surface area contributed by atoms with E-state index in [2.05, 4.69) is 33.8 Å². The molecule has 1 N–H and O–H groups in total. The van der Waals surface area contributed by atoms with Crippen LogP contribution in [0, 0.1) is 0 Å². The van der Waals surface area contributed by atoms with E-state index in [1.54, 1.807) is 18.9 Å². The lowest BCUT2D eigenvalue weighted by Crippen LogP contribution is -2.37. The molecule has 2 aromatic heterocycles. The summed E-state index contributed by atoms with van der Waals surface area (Å²) in [6, 6.07) is 8.04. The minimum Gasteiger partial charge on any atom is -0.497 e. The standard InChI is InChI=1S/C23H30N6O3S/c1-4-19-25-20-21(28-11-13-32-14-12-28)26-23(27-22(20)29(19)10-9-24-16(2)30)33-15-17-5-7-18(31-3)8-6-17/h5-8H,4,9-15H2,1-3H3,(H,24,30). The van der Waals surface area contributed by atoms with E-state index in [4.69, 9.17) is 24.4 Å². The van der Waals surface area contributed by atoms with Crippen LogP contribution in [0.25, 0.3) is 11.2 Å². The maximum atomic E-state index is 11.4. The summed E-state index contributed by atoms with van der Waals surface area (Å²) in [6.45, 7) is 7.63. The second kappa shape index (κ2) is 10.8. The predicted octanol–water partition coefficient (Wildman–Crippen LogP) is 2.66. The van der Waals surface area contributed by atoms with E-state index in [9.17, 15) is 4.79 Å². The zero-order valence-corrected chi connectivity index (χ0v) is 20.2.